The Balaban J connectivity index is 1.59. The van der Waals surface area contributed by atoms with Crippen LogP contribution in [-0.2, 0) is 13.0 Å². The van der Waals surface area contributed by atoms with E-state index in [-0.39, 0.29) is 0 Å². The Morgan fingerprint density at radius 3 is 2.70 bits per heavy atom. The normalized spacial score (nSPS) is 20.3. The molecule has 1 aromatic carbocycles. The van der Waals surface area contributed by atoms with Crippen LogP contribution in [0.2, 0.25) is 0 Å². The molecule has 162 valence electrons. The van der Waals surface area contributed by atoms with Gasteiger partial charge in [0.25, 0.3) is 0 Å². The van der Waals surface area contributed by atoms with Crippen molar-refractivity contribution in [1.82, 2.24) is 20.1 Å². The van der Waals surface area contributed by atoms with Gasteiger partial charge in [-0.15, -0.1) is 0 Å². The predicted molar refractivity (Wildman–Crippen MR) is 122 cm³/mol. The zero-order valence-corrected chi connectivity index (χ0v) is 18.5. The molecule has 0 aliphatic carbocycles. The second kappa shape index (κ2) is 10.4. The number of fused-ring (bicyclic) bond motifs is 1. The summed E-state index contributed by atoms with van der Waals surface area (Å²) in [6, 6.07) is 13.3. The van der Waals surface area contributed by atoms with E-state index in [1.54, 1.807) is 0 Å². The first-order valence-corrected chi connectivity index (χ1v) is 11.5. The lowest BCUT2D eigenvalue weighted by Crippen LogP contribution is -2.37. The molecule has 1 atom stereocenters. The number of hydrogen-bond donors (Lipinski definition) is 1. The average molecular weight is 409 g/mol. The maximum Gasteiger partial charge on any atom is 0.127 e. The second-order valence-electron chi connectivity index (χ2n) is 8.90. The van der Waals surface area contributed by atoms with Gasteiger partial charge in [0.15, 0.2) is 0 Å². The molecule has 0 radical (unpaired) electrons. The molecule has 0 bridgehead atoms. The molecule has 1 unspecified atom stereocenters. The molecule has 3 heterocycles. The maximum atomic E-state index is 6.59. The molecular weight excluding hydrogens is 372 g/mol. The maximum absolute atomic E-state index is 6.59. The number of pyridine rings is 1. The summed E-state index contributed by atoms with van der Waals surface area (Å²) in [5.74, 6) is 1.07. The third kappa shape index (κ3) is 5.39. The minimum absolute atomic E-state index is 0.310. The van der Waals surface area contributed by atoms with Crippen molar-refractivity contribution in [1.29, 1.82) is 0 Å². The van der Waals surface area contributed by atoms with E-state index < -0.39 is 0 Å². The zero-order valence-electron chi connectivity index (χ0n) is 18.5. The summed E-state index contributed by atoms with van der Waals surface area (Å²) in [6.45, 7) is 5.23. The molecule has 1 fully saturated rings. The van der Waals surface area contributed by atoms with Crippen LogP contribution in [0, 0.1) is 0 Å². The van der Waals surface area contributed by atoms with Crippen LogP contribution in [0.4, 0.5) is 0 Å². The summed E-state index contributed by atoms with van der Waals surface area (Å²) in [4.78, 5) is 9.70. The minimum atomic E-state index is 0.310. The predicted octanol–water partition coefficient (Wildman–Crippen LogP) is 3.65. The Morgan fingerprint density at radius 1 is 1.13 bits per heavy atom. The molecule has 1 aromatic heterocycles. The first kappa shape index (κ1) is 21.3. The SMILES string of the molecule is CN(C)CCCC1c2c(OC3CCNCC3)ccnc2CCN1Cc1ccccc1. The van der Waals surface area contributed by atoms with Gasteiger partial charge in [0.1, 0.15) is 11.9 Å². The van der Waals surface area contributed by atoms with Crippen molar-refractivity contribution >= 4 is 0 Å². The van der Waals surface area contributed by atoms with E-state index in [9.17, 15) is 0 Å². The van der Waals surface area contributed by atoms with Crippen molar-refractivity contribution in [2.24, 2.45) is 0 Å². The Bertz CT molecular complexity index is 789. The number of rotatable bonds is 8. The standard InChI is InChI=1S/C25H36N4O/c1-28(2)17-6-9-23-25-22(13-18-29(23)19-20-7-4-3-5-8-20)27-16-12-24(25)30-21-10-14-26-15-11-21/h3-5,7-8,12,16,21,23,26H,6,9-11,13-15,17-19H2,1-2H3. The highest BCUT2D eigenvalue weighted by Crippen LogP contribution is 2.39. The van der Waals surface area contributed by atoms with Crippen molar-refractivity contribution in [3.63, 3.8) is 0 Å². The van der Waals surface area contributed by atoms with Crippen LogP contribution in [0.5, 0.6) is 5.75 Å². The van der Waals surface area contributed by atoms with Crippen molar-refractivity contribution in [2.45, 2.75) is 50.8 Å². The van der Waals surface area contributed by atoms with E-state index in [1.807, 2.05) is 6.20 Å². The first-order chi connectivity index (χ1) is 14.7. The lowest BCUT2D eigenvalue weighted by Gasteiger charge is -2.38. The van der Waals surface area contributed by atoms with Gasteiger partial charge in [-0.25, -0.2) is 0 Å². The fourth-order valence-electron chi connectivity index (χ4n) is 4.77. The molecule has 2 aromatic rings. The summed E-state index contributed by atoms with van der Waals surface area (Å²) >= 11 is 0. The molecule has 0 spiro atoms. The number of ether oxygens (including phenoxy) is 1. The molecule has 2 aliphatic heterocycles. The molecule has 2 aliphatic rings. The van der Waals surface area contributed by atoms with Crippen molar-refractivity contribution < 1.29 is 4.74 Å². The molecule has 4 rings (SSSR count). The van der Waals surface area contributed by atoms with Crippen molar-refractivity contribution in [3.8, 4) is 5.75 Å². The Kier molecular flexibility index (Phi) is 7.37. The fraction of sp³-hybridized carbons (Fsp3) is 0.560. The number of nitrogens with one attached hydrogen (secondary N) is 1. The first-order valence-electron chi connectivity index (χ1n) is 11.5. The van der Waals surface area contributed by atoms with Gasteiger partial charge in [-0.2, -0.15) is 0 Å². The summed E-state index contributed by atoms with van der Waals surface area (Å²) in [7, 11) is 4.31. The van der Waals surface area contributed by atoms with E-state index in [2.05, 4.69) is 65.6 Å². The monoisotopic (exact) mass is 408 g/mol. The van der Waals surface area contributed by atoms with Gasteiger partial charge < -0.3 is 15.0 Å². The Morgan fingerprint density at radius 2 is 1.93 bits per heavy atom. The van der Waals surface area contributed by atoms with Gasteiger partial charge in [0.05, 0.1) is 5.69 Å². The quantitative estimate of drug-likeness (QED) is 0.722. The number of hydrogen-bond acceptors (Lipinski definition) is 5. The Hall–Kier alpha value is -1.95. The molecule has 1 N–H and O–H groups in total. The van der Waals surface area contributed by atoms with E-state index in [0.717, 1.165) is 64.2 Å². The van der Waals surface area contributed by atoms with Gasteiger partial charge in [-0.3, -0.25) is 9.88 Å². The van der Waals surface area contributed by atoms with Crippen LogP contribution in [0.3, 0.4) is 0 Å². The second-order valence-corrected chi connectivity index (χ2v) is 8.90. The highest BCUT2D eigenvalue weighted by atomic mass is 16.5. The third-order valence-electron chi connectivity index (χ3n) is 6.33. The fourth-order valence-corrected chi connectivity index (χ4v) is 4.77. The number of piperidine rings is 1. The van der Waals surface area contributed by atoms with Gasteiger partial charge >= 0.3 is 0 Å². The number of benzene rings is 1. The average Bonchev–Trinajstić information content (AvgIpc) is 2.76. The molecule has 30 heavy (non-hydrogen) atoms. The van der Waals surface area contributed by atoms with Crippen molar-refractivity contribution in [3.05, 3.63) is 59.4 Å². The molecule has 0 amide bonds. The molecule has 1 saturated heterocycles. The van der Waals surface area contributed by atoms with Crippen LogP contribution < -0.4 is 10.1 Å². The summed E-state index contributed by atoms with van der Waals surface area (Å²) in [5, 5.41) is 3.44. The summed E-state index contributed by atoms with van der Waals surface area (Å²) in [5.41, 5.74) is 3.96. The Labute approximate surface area is 181 Å². The molecule has 0 saturated carbocycles. The lowest BCUT2D eigenvalue weighted by molar-refractivity contribution is 0.134. The van der Waals surface area contributed by atoms with E-state index >= 15 is 0 Å². The smallest absolute Gasteiger partial charge is 0.127 e. The van der Waals surface area contributed by atoms with Gasteiger partial charge in [-0.1, -0.05) is 30.3 Å². The van der Waals surface area contributed by atoms with E-state index in [4.69, 9.17) is 9.72 Å². The summed E-state index contributed by atoms with van der Waals surface area (Å²) in [6.07, 6.45) is 7.71. The largest absolute Gasteiger partial charge is 0.490 e. The summed E-state index contributed by atoms with van der Waals surface area (Å²) < 4.78 is 6.59. The van der Waals surface area contributed by atoms with Crippen LogP contribution in [-0.4, -0.2) is 61.2 Å². The van der Waals surface area contributed by atoms with Gasteiger partial charge in [-0.05, 0) is 71.0 Å². The van der Waals surface area contributed by atoms with Crippen LogP contribution in [0.1, 0.15) is 48.5 Å². The van der Waals surface area contributed by atoms with Crippen LogP contribution >= 0.6 is 0 Å². The number of aromatic nitrogens is 1. The molecule has 5 nitrogen and oxygen atoms in total. The van der Waals surface area contributed by atoms with Crippen molar-refractivity contribution in [2.75, 3.05) is 40.3 Å². The number of nitrogens with zero attached hydrogens (tertiary/aromatic N) is 3. The highest BCUT2D eigenvalue weighted by Gasteiger charge is 2.31. The van der Waals surface area contributed by atoms with Gasteiger partial charge in [0.2, 0.25) is 0 Å². The zero-order chi connectivity index (χ0) is 20.8. The minimum Gasteiger partial charge on any atom is -0.490 e. The lowest BCUT2D eigenvalue weighted by atomic mass is 9.91. The van der Waals surface area contributed by atoms with Crippen LogP contribution in [0.15, 0.2) is 42.6 Å². The highest BCUT2D eigenvalue weighted by molar-refractivity contribution is 5.41. The van der Waals surface area contributed by atoms with E-state index in [0.29, 0.717) is 12.1 Å². The molecule has 5 heteroatoms. The topological polar surface area (TPSA) is 40.6 Å². The van der Waals surface area contributed by atoms with Gasteiger partial charge in [0, 0.05) is 37.3 Å². The molecular formula is C25H36N4O. The van der Waals surface area contributed by atoms with E-state index in [1.165, 1.54) is 23.2 Å². The third-order valence-corrected chi connectivity index (χ3v) is 6.33. The van der Waals surface area contributed by atoms with Crippen LogP contribution in [0.25, 0.3) is 0 Å².